The SMILES string of the molecule is CC(C)(C)[Si](C)(C)O[C@H](/C=C/[C@@H]1[C@H]2CC(=O)[C@@H]1C[C@@H]2O[Si](C)(C)C(C)(C)C)COc1cccc(C(F)(F)F)c1. The highest BCUT2D eigenvalue weighted by Crippen LogP contribution is 2.51. The minimum absolute atomic E-state index is 0.0558. The zero-order chi connectivity index (χ0) is 29.6. The van der Waals surface area contributed by atoms with Crippen molar-refractivity contribution in [1.29, 1.82) is 0 Å². The number of carbonyl (C=O) groups is 1. The Labute approximate surface area is 234 Å². The van der Waals surface area contributed by atoms with E-state index in [-0.39, 0.29) is 46.3 Å². The van der Waals surface area contributed by atoms with Gasteiger partial charge in [0, 0.05) is 18.4 Å². The Hall–Kier alpha value is -1.43. The fourth-order valence-electron chi connectivity index (χ4n) is 4.97. The summed E-state index contributed by atoms with van der Waals surface area (Å²) >= 11 is 0. The first-order chi connectivity index (χ1) is 17.6. The van der Waals surface area contributed by atoms with Crippen LogP contribution in [-0.2, 0) is 19.8 Å². The molecule has 0 amide bonds. The summed E-state index contributed by atoms with van der Waals surface area (Å²) in [6.45, 7) is 22.0. The molecule has 220 valence electrons. The topological polar surface area (TPSA) is 44.8 Å². The van der Waals surface area contributed by atoms with E-state index in [9.17, 15) is 18.0 Å². The summed E-state index contributed by atoms with van der Waals surface area (Å²) in [6.07, 6.45) is 0.550. The highest BCUT2D eigenvalue weighted by Gasteiger charge is 2.54. The molecule has 9 heteroatoms. The van der Waals surface area contributed by atoms with Gasteiger partial charge in [0.1, 0.15) is 18.1 Å². The van der Waals surface area contributed by atoms with E-state index in [4.69, 9.17) is 13.6 Å². The predicted octanol–water partition coefficient (Wildman–Crippen LogP) is 8.65. The second kappa shape index (κ2) is 11.1. The van der Waals surface area contributed by atoms with Crippen LogP contribution in [0.2, 0.25) is 36.3 Å². The van der Waals surface area contributed by atoms with E-state index in [2.05, 4.69) is 73.8 Å². The molecule has 0 saturated heterocycles. The Morgan fingerprint density at radius 3 is 2.18 bits per heavy atom. The molecule has 0 unspecified atom stereocenters. The first kappa shape index (κ1) is 32.1. The zero-order valence-corrected chi connectivity index (χ0v) is 27.2. The average molecular weight is 585 g/mol. The maximum absolute atomic E-state index is 13.2. The first-order valence-corrected chi connectivity index (χ1v) is 19.8. The second-order valence-corrected chi connectivity index (χ2v) is 23.8. The summed E-state index contributed by atoms with van der Waals surface area (Å²) in [5.74, 6) is 0.615. The number of hydrogen-bond donors (Lipinski definition) is 0. The van der Waals surface area contributed by atoms with E-state index < -0.39 is 34.5 Å². The van der Waals surface area contributed by atoms with Crippen molar-refractivity contribution in [2.75, 3.05) is 6.61 Å². The Morgan fingerprint density at radius 1 is 1.00 bits per heavy atom. The summed E-state index contributed by atoms with van der Waals surface area (Å²) in [7, 11) is -4.20. The molecule has 0 radical (unpaired) electrons. The van der Waals surface area contributed by atoms with Gasteiger partial charge < -0.3 is 13.6 Å². The van der Waals surface area contributed by atoms with Crippen molar-refractivity contribution in [1.82, 2.24) is 0 Å². The van der Waals surface area contributed by atoms with E-state index in [1.54, 1.807) is 0 Å². The molecule has 39 heavy (non-hydrogen) atoms. The van der Waals surface area contributed by atoms with Crippen LogP contribution >= 0.6 is 0 Å². The van der Waals surface area contributed by atoms with Crippen molar-refractivity contribution in [3.8, 4) is 5.75 Å². The lowest BCUT2D eigenvalue weighted by molar-refractivity contribution is -0.137. The normalized spacial score (nSPS) is 25.5. The highest BCUT2D eigenvalue weighted by atomic mass is 28.4. The molecule has 2 bridgehead atoms. The van der Waals surface area contributed by atoms with E-state index >= 15 is 0 Å². The number of halogens is 3. The molecule has 2 fully saturated rings. The number of benzene rings is 1. The molecule has 2 aliphatic carbocycles. The molecule has 0 heterocycles. The van der Waals surface area contributed by atoms with Crippen LogP contribution in [0.1, 0.15) is 59.9 Å². The Kier molecular flexibility index (Phi) is 9.13. The standard InChI is InChI=1S/C30H47F3O4Si2/c1-28(2,3)38(7,8)36-22(19-35-21-13-11-12-20(16-21)30(31,32)33)14-15-23-24-18-27(25(23)17-26(24)34)37-39(9,10)29(4,5)6/h11-16,22-25,27H,17-19H2,1-10H3/b15-14+/t22-,23+,24-,25-,27+/m1/s1. The lowest BCUT2D eigenvalue weighted by Gasteiger charge is -2.40. The van der Waals surface area contributed by atoms with Crippen LogP contribution in [0.5, 0.6) is 5.75 Å². The van der Waals surface area contributed by atoms with Gasteiger partial charge in [0.15, 0.2) is 16.6 Å². The minimum atomic E-state index is -4.44. The first-order valence-electron chi connectivity index (χ1n) is 14.0. The number of alkyl halides is 3. The average Bonchev–Trinajstić information content (AvgIpc) is 3.25. The van der Waals surface area contributed by atoms with Gasteiger partial charge in [-0.3, -0.25) is 4.79 Å². The van der Waals surface area contributed by atoms with Crippen molar-refractivity contribution in [2.24, 2.45) is 17.8 Å². The number of Topliss-reactive ketones (excluding diaryl/α,β-unsaturated/α-hetero) is 1. The number of rotatable bonds is 9. The van der Waals surface area contributed by atoms with Gasteiger partial charge in [0.25, 0.3) is 0 Å². The maximum Gasteiger partial charge on any atom is 0.416 e. The van der Waals surface area contributed by atoms with E-state index in [0.29, 0.717) is 12.2 Å². The van der Waals surface area contributed by atoms with E-state index in [1.807, 2.05) is 6.08 Å². The summed E-state index contributed by atoms with van der Waals surface area (Å²) in [5.41, 5.74) is -0.744. The van der Waals surface area contributed by atoms with Crippen LogP contribution in [0, 0.1) is 17.8 Å². The highest BCUT2D eigenvalue weighted by molar-refractivity contribution is 6.74. The van der Waals surface area contributed by atoms with Gasteiger partial charge in [-0.2, -0.15) is 13.2 Å². The van der Waals surface area contributed by atoms with Crippen LogP contribution < -0.4 is 4.74 Å². The molecule has 3 rings (SSSR count). The van der Waals surface area contributed by atoms with Crippen LogP contribution in [0.25, 0.3) is 0 Å². The van der Waals surface area contributed by atoms with Gasteiger partial charge in [-0.25, -0.2) is 0 Å². The summed E-state index contributed by atoms with van der Waals surface area (Å²) in [6, 6.07) is 4.93. The van der Waals surface area contributed by atoms with Crippen LogP contribution in [-0.4, -0.2) is 41.2 Å². The van der Waals surface area contributed by atoms with E-state index in [1.165, 1.54) is 12.1 Å². The summed E-state index contributed by atoms with van der Waals surface area (Å²) < 4.78 is 58.9. The largest absolute Gasteiger partial charge is 0.491 e. The molecule has 0 spiro atoms. The molecule has 0 N–H and O–H groups in total. The molecular formula is C30H47F3O4Si2. The molecular weight excluding hydrogens is 537 g/mol. The number of fused-ring (bicyclic) bond motifs is 2. The van der Waals surface area contributed by atoms with Gasteiger partial charge >= 0.3 is 6.18 Å². The van der Waals surface area contributed by atoms with Gasteiger partial charge in [0.05, 0.1) is 11.7 Å². The number of ether oxygens (including phenoxy) is 1. The maximum atomic E-state index is 13.2. The van der Waals surface area contributed by atoms with Gasteiger partial charge in [0.2, 0.25) is 0 Å². The number of ketones is 1. The van der Waals surface area contributed by atoms with Crippen molar-refractivity contribution in [3.05, 3.63) is 42.0 Å². The van der Waals surface area contributed by atoms with E-state index in [0.717, 1.165) is 18.6 Å². The lowest BCUT2D eigenvalue weighted by Crippen LogP contribution is -2.45. The number of allylic oxidation sites excluding steroid dienone is 1. The third kappa shape index (κ3) is 7.46. The lowest BCUT2D eigenvalue weighted by atomic mass is 9.96. The number of hydrogen-bond acceptors (Lipinski definition) is 4. The monoisotopic (exact) mass is 584 g/mol. The van der Waals surface area contributed by atoms with Crippen LogP contribution in [0.3, 0.4) is 0 Å². The molecule has 2 saturated carbocycles. The van der Waals surface area contributed by atoms with Crippen molar-refractivity contribution < 1.29 is 31.6 Å². The third-order valence-electron chi connectivity index (χ3n) is 9.40. The molecule has 5 atom stereocenters. The molecule has 0 aliphatic heterocycles. The second-order valence-electron chi connectivity index (χ2n) is 14.3. The third-order valence-corrected chi connectivity index (χ3v) is 18.4. The Balaban J connectivity index is 1.80. The zero-order valence-electron chi connectivity index (χ0n) is 25.2. The van der Waals surface area contributed by atoms with Crippen LogP contribution in [0.15, 0.2) is 36.4 Å². The Bertz CT molecular complexity index is 1050. The molecule has 2 aliphatic rings. The van der Waals surface area contributed by atoms with Gasteiger partial charge in [-0.05, 0) is 72.7 Å². The van der Waals surface area contributed by atoms with Crippen LogP contribution in [0.4, 0.5) is 13.2 Å². The van der Waals surface area contributed by atoms with Crippen molar-refractivity contribution in [2.45, 2.75) is 109 Å². The number of carbonyl (C=O) groups excluding carboxylic acids is 1. The van der Waals surface area contributed by atoms with Crippen molar-refractivity contribution >= 4 is 22.4 Å². The Morgan fingerprint density at radius 2 is 1.62 bits per heavy atom. The fourth-order valence-corrected chi connectivity index (χ4v) is 7.61. The smallest absolute Gasteiger partial charge is 0.416 e. The molecule has 4 nitrogen and oxygen atoms in total. The quantitative estimate of drug-likeness (QED) is 0.215. The molecule has 1 aromatic carbocycles. The minimum Gasteiger partial charge on any atom is -0.491 e. The van der Waals surface area contributed by atoms with Gasteiger partial charge in [-0.1, -0.05) is 59.8 Å². The fraction of sp³-hybridized carbons (Fsp3) is 0.700. The predicted molar refractivity (Wildman–Crippen MR) is 155 cm³/mol. The van der Waals surface area contributed by atoms with Crippen molar-refractivity contribution in [3.63, 3.8) is 0 Å². The molecule has 1 aromatic rings. The molecule has 0 aromatic heterocycles. The summed E-state index contributed by atoms with van der Waals surface area (Å²) in [5, 5.41) is 0.0345. The van der Waals surface area contributed by atoms with Gasteiger partial charge in [-0.15, -0.1) is 0 Å². The summed E-state index contributed by atoms with van der Waals surface area (Å²) in [4.78, 5) is 12.8.